The van der Waals surface area contributed by atoms with Crippen molar-refractivity contribution in [2.24, 2.45) is 0 Å². The second-order valence-electron chi connectivity index (χ2n) is 8.37. The molecule has 0 spiro atoms. The van der Waals surface area contributed by atoms with Gasteiger partial charge in [-0.25, -0.2) is 13.1 Å². The van der Waals surface area contributed by atoms with Crippen LogP contribution in [0.25, 0.3) is 5.69 Å². The SMILES string of the molecule is CC(C)(C)c1ccc(S(=O)(=O)Nc2ccc(Cl)cc2-n2nnc3c2CCCN3)cc1. The van der Waals surface area contributed by atoms with Crippen molar-refractivity contribution < 1.29 is 8.42 Å². The number of rotatable bonds is 4. The van der Waals surface area contributed by atoms with E-state index in [0.29, 0.717) is 22.2 Å². The van der Waals surface area contributed by atoms with Gasteiger partial charge in [-0.2, -0.15) is 0 Å². The molecule has 2 aromatic carbocycles. The molecule has 0 atom stereocenters. The number of hydrogen-bond acceptors (Lipinski definition) is 5. The zero-order valence-electron chi connectivity index (χ0n) is 17.1. The van der Waals surface area contributed by atoms with Gasteiger partial charge in [0.15, 0.2) is 5.82 Å². The van der Waals surface area contributed by atoms with Crippen LogP contribution in [0.1, 0.15) is 38.4 Å². The predicted octanol–water partition coefficient (Wildman–Crippen LogP) is 4.38. The lowest BCUT2D eigenvalue weighted by atomic mass is 9.87. The van der Waals surface area contributed by atoms with Gasteiger partial charge in [-0.1, -0.05) is 49.7 Å². The van der Waals surface area contributed by atoms with Crippen LogP contribution < -0.4 is 10.0 Å². The maximum Gasteiger partial charge on any atom is 0.261 e. The minimum atomic E-state index is -3.79. The second-order valence-corrected chi connectivity index (χ2v) is 10.5. The van der Waals surface area contributed by atoms with E-state index in [-0.39, 0.29) is 10.3 Å². The normalized spacial score (nSPS) is 14.1. The number of fused-ring (bicyclic) bond motifs is 1. The van der Waals surface area contributed by atoms with Crippen LogP contribution in [-0.2, 0) is 21.9 Å². The van der Waals surface area contributed by atoms with Crippen molar-refractivity contribution in [3.8, 4) is 5.69 Å². The minimum absolute atomic E-state index is 0.0563. The smallest absolute Gasteiger partial charge is 0.261 e. The third kappa shape index (κ3) is 4.02. The van der Waals surface area contributed by atoms with Crippen molar-refractivity contribution >= 4 is 33.1 Å². The third-order valence-electron chi connectivity index (χ3n) is 5.11. The molecule has 0 aliphatic carbocycles. The molecule has 0 unspecified atom stereocenters. The van der Waals surface area contributed by atoms with Crippen LogP contribution in [-0.4, -0.2) is 30.0 Å². The van der Waals surface area contributed by atoms with E-state index in [1.807, 2.05) is 12.1 Å². The fourth-order valence-corrected chi connectivity index (χ4v) is 4.66. The summed E-state index contributed by atoms with van der Waals surface area (Å²) in [5.74, 6) is 0.716. The molecule has 9 heteroatoms. The number of aromatic nitrogens is 3. The van der Waals surface area contributed by atoms with Gasteiger partial charge < -0.3 is 5.32 Å². The first-order valence-electron chi connectivity index (χ1n) is 9.77. The summed E-state index contributed by atoms with van der Waals surface area (Å²) in [5, 5.41) is 12.1. The highest BCUT2D eigenvalue weighted by Gasteiger charge is 2.23. The Bertz CT molecular complexity index is 1180. The first-order chi connectivity index (χ1) is 14.1. The van der Waals surface area contributed by atoms with E-state index in [1.54, 1.807) is 35.0 Å². The lowest BCUT2D eigenvalue weighted by Gasteiger charge is -2.19. The van der Waals surface area contributed by atoms with Gasteiger partial charge >= 0.3 is 0 Å². The van der Waals surface area contributed by atoms with Crippen molar-refractivity contribution in [1.29, 1.82) is 0 Å². The molecule has 2 heterocycles. The zero-order chi connectivity index (χ0) is 21.5. The molecule has 0 saturated carbocycles. The van der Waals surface area contributed by atoms with Gasteiger partial charge in [0.25, 0.3) is 10.0 Å². The van der Waals surface area contributed by atoms with Gasteiger partial charge in [0.05, 0.1) is 22.0 Å². The number of hydrogen-bond donors (Lipinski definition) is 2. The maximum atomic E-state index is 13.1. The summed E-state index contributed by atoms with van der Waals surface area (Å²) in [6.07, 6.45) is 1.74. The summed E-state index contributed by atoms with van der Waals surface area (Å²) < 4.78 is 30.4. The molecule has 1 aromatic heterocycles. The minimum Gasteiger partial charge on any atom is -0.367 e. The Labute approximate surface area is 181 Å². The highest BCUT2D eigenvalue weighted by Crippen LogP contribution is 2.31. The second kappa shape index (κ2) is 7.59. The molecule has 0 saturated heterocycles. The molecule has 0 radical (unpaired) electrons. The van der Waals surface area contributed by atoms with Crippen LogP contribution in [0.2, 0.25) is 5.02 Å². The van der Waals surface area contributed by atoms with Crippen LogP contribution in [0.5, 0.6) is 0 Å². The molecule has 7 nitrogen and oxygen atoms in total. The number of nitrogens with one attached hydrogen (secondary N) is 2. The summed E-state index contributed by atoms with van der Waals surface area (Å²) in [7, 11) is -3.79. The Morgan fingerprint density at radius 2 is 1.87 bits per heavy atom. The number of benzene rings is 2. The molecular formula is C21H24ClN5O2S. The topological polar surface area (TPSA) is 88.9 Å². The fourth-order valence-electron chi connectivity index (χ4n) is 3.42. The van der Waals surface area contributed by atoms with Gasteiger partial charge in [0.2, 0.25) is 0 Å². The summed E-state index contributed by atoms with van der Waals surface area (Å²) in [5.41, 5.74) is 2.83. The van der Waals surface area contributed by atoms with Crippen molar-refractivity contribution in [3.05, 3.63) is 58.7 Å². The first-order valence-corrected chi connectivity index (χ1v) is 11.6. The van der Waals surface area contributed by atoms with Crippen molar-refractivity contribution in [3.63, 3.8) is 0 Å². The Hall–Kier alpha value is -2.58. The molecule has 0 bridgehead atoms. The van der Waals surface area contributed by atoms with E-state index in [0.717, 1.165) is 30.6 Å². The largest absolute Gasteiger partial charge is 0.367 e. The monoisotopic (exact) mass is 445 g/mol. The molecule has 158 valence electrons. The molecule has 1 aliphatic heterocycles. The van der Waals surface area contributed by atoms with Gasteiger partial charge in [-0.3, -0.25) is 4.72 Å². The molecule has 2 N–H and O–H groups in total. The standard InChI is InChI=1S/C21H24ClN5O2S/c1-21(2,3)14-6-9-16(10-7-14)30(28,29)25-17-11-8-15(22)13-19(17)27-18-5-4-12-23-20(18)24-26-27/h6-11,13,23,25H,4-5,12H2,1-3H3. The van der Waals surface area contributed by atoms with Gasteiger partial charge in [0, 0.05) is 11.6 Å². The Morgan fingerprint density at radius 3 is 2.57 bits per heavy atom. The van der Waals surface area contributed by atoms with E-state index in [1.165, 1.54) is 0 Å². The predicted molar refractivity (Wildman–Crippen MR) is 119 cm³/mol. The summed E-state index contributed by atoms with van der Waals surface area (Å²) in [6.45, 7) is 7.10. The number of halogens is 1. The van der Waals surface area contributed by atoms with Gasteiger partial charge in [-0.15, -0.1) is 5.10 Å². The Morgan fingerprint density at radius 1 is 1.13 bits per heavy atom. The van der Waals surface area contributed by atoms with Crippen LogP contribution in [0, 0.1) is 0 Å². The van der Waals surface area contributed by atoms with Crippen LogP contribution in [0.15, 0.2) is 47.4 Å². The maximum absolute atomic E-state index is 13.1. The molecule has 3 aromatic rings. The van der Waals surface area contributed by atoms with Gasteiger partial charge in [-0.05, 0) is 54.2 Å². The average molecular weight is 446 g/mol. The van der Waals surface area contributed by atoms with Crippen molar-refractivity contribution in [1.82, 2.24) is 15.0 Å². The number of sulfonamides is 1. The van der Waals surface area contributed by atoms with E-state index in [9.17, 15) is 8.42 Å². The van der Waals surface area contributed by atoms with Crippen LogP contribution >= 0.6 is 11.6 Å². The molecule has 30 heavy (non-hydrogen) atoms. The van der Waals surface area contributed by atoms with E-state index < -0.39 is 10.0 Å². The number of nitrogens with zero attached hydrogens (tertiary/aromatic N) is 3. The lowest BCUT2D eigenvalue weighted by molar-refractivity contribution is 0.587. The molecular weight excluding hydrogens is 422 g/mol. The molecule has 4 rings (SSSR count). The highest BCUT2D eigenvalue weighted by atomic mass is 35.5. The van der Waals surface area contributed by atoms with Crippen molar-refractivity contribution in [2.45, 2.75) is 43.9 Å². The van der Waals surface area contributed by atoms with Crippen molar-refractivity contribution in [2.75, 3.05) is 16.6 Å². The fraction of sp³-hybridized carbons (Fsp3) is 0.333. The Balaban J connectivity index is 1.71. The zero-order valence-corrected chi connectivity index (χ0v) is 18.7. The van der Waals surface area contributed by atoms with Crippen LogP contribution in [0.4, 0.5) is 11.5 Å². The number of anilines is 2. The average Bonchev–Trinajstić information content (AvgIpc) is 3.13. The third-order valence-corrected chi connectivity index (χ3v) is 6.73. The van der Waals surface area contributed by atoms with Gasteiger partial charge in [0.1, 0.15) is 0 Å². The van der Waals surface area contributed by atoms with Crippen LogP contribution in [0.3, 0.4) is 0 Å². The quantitative estimate of drug-likeness (QED) is 0.622. The summed E-state index contributed by atoms with van der Waals surface area (Å²) in [6, 6.07) is 11.9. The van der Waals surface area contributed by atoms with E-state index in [2.05, 4.69) is 41.1 Å². The highest BCUT2D eigenvalue weighted by molar-refractivity contribution is 7.92. The Kier molecular flexibility index (Phi) is 5.23. The molecule has 0 amide bonds. The molecule has 1 aliphatic rings. The van der Waals surface area contributed by atoms with E-state index >= 15 is 0 Å². The first kappa shape index (κ1) is 20.7. The molecule has 0 fully saturated rings. The van der Waals surface area contributed by atoms with E-state index in [4.69, 9.17) is 11.6 Å². The summed E-state index contributed by atoms with van der Waals surface area (Å²) >= 11 is 6.21. The summed E-state index contributed by atoms with van der Waals surface area (Å²) in [4.78, 5) is 0.193. The lowest BCUT2D eigenvalue weighted by Crippen LogP contribution is -2.17.